The van der Waals surface area contributed by atoms with Crippen molar-refractivity contribution in [2.75, 3.05) is 20.2 Å². The predicted molar refractivity (Wildman–Crippen MR) is 55.4 cm³/mol. The summed E-state index contributed by atoms with van der Waals surface area (Å²) in [5.74, 6) is 0. The van der Waals surface area contributed by atoms with E-state index in [2.05, 4.69) is 4.74 Å². The Kier molecular flexibility index (Phi) is 5.55. The van der Waals surface area contributed by atoms with E-state index in [1.165, 1.54) is 0 Å². The van der Waals surface area contributed by atoms with E-state index >= 15 is 0 Å². The summed E-state index contributed by atoms with van der Waals surface area (Å²) in [5, 5.41) is 0. The zero-order chi connectivity index (χ0) is 12.1. The van der Waals surface area contributed by atoms with E-state index in [0.717, 1.165) is 11.4 Å². The van der Waals surface area contributed by atoms with Gasteiger partial charge in [-0.25, -0.2) is 9.52 Å². The first-order valence-corrected chi connectivity index (χ1v) is 5.86. The molecule has 7 nitrogen and oxygen atoms in total. The largest absolute Gasteiger partial charge is 0.452 e. The van der Waals surface area contributed by atoms with Crippen molar-refractivity contribution in [1.29, 1.82) is 0 Å². The van der Waals surface area contributed by atoms with Gasteiger partial charge in [0.2, 0.25) is 0 Å². The molecule has 0 saturated heterocycles. The fourth-order valence-electron chi connectivity index (χ4n) is 0.989. The average molecular weight is 239 g/mol. The summed E-state index contributed by atoms with van der Waals surface area (Å²) in [6.45, 7) is 3.70. The Morgan fingerprint density at radius 2 is 2.07 bits per heavy atom. The zero-order valence-electron chi connectivity index (χ0n) is 9.06. The average Bonchev–Trinajstić information content (AvgIpc) is 2.12. The number of ether oxygens (including phenoxy) is 1. The molecule has 0 bridgehead atoms. The maximum atomic E-state index is 11.6. The molecule has 3 N–H and O–H groups in total. The highest BCUT2D eigenvalue weighted by molar-refractivity contribution is 7.87. The molecule has 15 heavy (non-hydrogen) atoms. The Balaban J connectivity index is 4.72. The fourth-order valence-corrected chi connectivity index (χ4v) is 2.30. The van der Waals surface area contributed by atoms with E-state index in [-0.39, 0.29) is 19.1 Å². The Labute approximate surface area is 89.7 Å². The summed E-state index contributed by atoms with van der Waals surface area (Å²) in [6, 6.07) is -0.282. The molecule has 0 atom stereocenters. The summed E-state index contributed by atoms with van der Waals surface area (Å²) in [6.07, 6.45) is -1.02. The molecular formula is C7H17N3O4S. The first-order valence-electron chi connectivity index (χ1n) is 4.42. The minimum absolute atomic E-state index is 0.143. The predicted octanol–water partition coefficient (Wildman–Crippen LogP) is -0.744. The van der Waals surface area contributed by atoms with Crippen LogP contribution < -0.4 is 10.5 Å². The third-order valence-electron chi connectivity index (χ3n) is 1.63. The second-order valence-electron chi connectivity index (χ2n) is 3.09. The SMILES string of the molecule is COC(=O)NS(=O)(=O)N(CCN)C(C)C. The Morgan fingerprint density at radius 3 is 2.40 bits per heavy atom. The van der Waals surface area contributed by atoms with Gasteiger partial charge in [0, 0.05) is 19.1 Å². The van der Waals surface area contributed by atoms with Crippen LogP contribution in [0.4, 0.5) is 4.79 Å². The first kappa shape index (κ1) is 14.1. The van der Waals surface area contributed by atoms with Crippen molar-refractivity contribution in [3.8, 4) is 0 Å². The molecule has 0 aromatic rings. The lowest BCUT2D eigenvalue weighted by Crippen LogP contribution is -2.48. The number of hydrogen-bond acceptors (Lipinski definition) is 5. The van der Waals surface area contributed by atoms with Gasteiger partial charge >= 0.3 is 16.3 Å². The van der Waals surface area contributed by atoms with Crippen molar-refractivity contribution in [2.24, 2.45) is 5.73 Å². The van der Waals surface area contributed by atoms with Crippen LogP contribution in [0.1, 0.15) is 13.8 Å². The standard InChI is InChI=1S/C7H17N3O4S/c1-6(2)10(5-4-8)15(12,13)9-7(11)14-3/h6H,4-5,8H2,1-3H3,(H,9,11). The topological polar surface area (TPSA) is 102 Å². The quantitative estimate of drug-likeness (QED) is 0.657. The molecule has 0 aromatic heterocycles. The highest BCUT2D eigenvalue weighted by atomic mass is 32.2. The third kappa shape index (κ3) is 4.45. The van der Waals surface area contributed by atoms with E-state index < -0.39 is 16.3 Å². The summed E-state index contributed by atoms with van der Waals surface area (Å²) < 4.78 is 30.2. The number of rotatable bonds is 5. The van der Waals surface area contributed by atoms with E-state index in [0.29, 0.717) is 0 Å². The molecule has 0 aliphatic carbocycles. The van der Waals surface area contributed by atoms with Crippen LogP contribution in [0.5, 0.6) is 0 Å². The van der Waals surface area contributed by atoms with Crippen LogP contribution in [0.25, 0.3) is 0 Å². The van der Waals surface area contributed by atoms with Gasteiger partial charge < -0.3 is 10.5 Å². The molecule has 0 heterocycles. The van der Waals surface area contributed by atoms with E-state index in [1.807, 2.05) is 0 Å². The van der Waals surface area contributed by atoms with Gasteiger partial charge in [0.15, 0.2) is 0 Å². The molecule has 8 heteroatoms. The molecule has 0 rings (SSSR count). The molecule has 90 valence electrons. The highest BCUT2D eigenvalue weighted by Crippen LogP contribution is 2.03. The van der Waals surface area contributed by atoms with E-state index in [4.69, 9.17) is 5.73 Å². The van der Waals surface area contributed by atoms with Crippen molar-refractivity contribution in [1.82, 2.24) is 9.03 Å². The van der Waals surface area contributed by atoms with Gasteiger partial charge in [0.1, 0.15) is 0 Å². The van der Waals surface area contributed by atoms with Crippen LogP contribution in [0.3, 0.4) is 0 Å². The maximum absolute atomic E-state index is 11.6. The van der Waals surface area contributed by atoms with Crippen LogP contribution in [0.15, 0.2) is 0 Å². The number of nitrogens with two attached hydrogens (primary N) is 1. The van der Waals surface area contributed by atoms with Crippen LogP contribution in [-0.4, -0.2) is 45.1 Å². The van der Waals surface area contributed by atoms with Gasteiger partial charge in [-0.3, -0.25) is 0 Å². The van der Waals surface area contributed by atoms with Gasteiger partial charge in [0.05, 0.1) is 7.11 Å². The number of carbonyl (C=O) groups excluding carboxylic acids is 1. The Hall–Kier alpha value is -0.860. The van der Waals surface area contributed by atoms with Crippen molar-refractivity contribution >= 4 is 16.3 Å². The van der Waals surface area contributed by atoms with Crippen molar-refractivity contribution < 1.29 is 17.9 Å². The number of methoxy groups -OCH3 is 1. The van der Waals surface area contributed by atoms with Crippen LogP contribution >= 0.6 is 0 Å². The van der Waals surface area contributed by atoms with E-state index in [9.17, 15) is 13.2 Å². The van der Waals surface area contributed by atoms with Gasteiger partial charge in [-0.2, -0.15) is 12.7 Å². The lowest BCUT2D eigenvalue weighted by molar-refractivity contribution is 0.176. The summed E-state index contributed by atoms with van der Waals surface area (Å²) in [7, 11) is -2.78. The summed E-state index contributed by atoms with van der Waals surface area (Å²) >= 11 is 0. The summed E-state index contributed by atoms with van der Waals surface area (Å²) in [5.41, 5.74) is 5.28. The number of carbonyl (C=O) groups is 1. The molecule has 0 aromatic carbocycles. The van der Waals surface area contributed by atoms with Crippen molar-refractivity contribution in [3.63, 3.8) is 0 Å². The van der Waals surface area contributed by atoms with Crippen LogP contribution in [0.2, 0.25) is 0 Å². The van der Waals surface area contributed by atoms with Crippen molar-refractivity contribution in [2.45, 2.75) is 19.9 Å². The minimum Gasteiger partial charge on any atom is -0.452 e. The van der Waals surface area contributed by atoms with Gasteiger partial charge in [-0.1, -0.05) is 0 Å². The molecule has 1 amide bonds. The highest BCUT2D eigenvalue weighted by Gasteiger charge is 2.26. The smallest absolute Gasteiger partial charge is 0.421 e. The maximum Gasteiger partial charge on any atom is 0.421 e. The molecule has 0 unspecified atom stereocenters. The molecule has 0 aliphatic heterocycles. The Bertz CT molecular complexity index is 301. The first-order chi connectivity index (χ1) is 6.85. The molecule has 0 aliphatic rings. The van der Waals surface area contributed by atoms with Crippen LogP contribution in [-0.2, 0) is 14.9 Å². The molecular weight excluding hydrogens is 222 g/mol. The molecule has 0 fully saturated rings. The van der Waals surface area contributed by atoms with Crippen molar-refractivity contribution in [3.05, 3.63) is 0 Å². The van der Waals surface area contributed by atoms with Gasteiger partial charge in [-0.15, -0.1) is 0 Å². The second kappa shape index (κ2) is 5.89. The lowest BCUT2D eigenvalue weighted by atomic mass is 10.4. The number of nitrogens with one attached hydrogen (secondary N) is 1. The fraction of sp³-hybridized carbons (Fsp3) is 0.857. The number of hydrogen-bond donors (Lipinski definition) is 2. The number of amides is 1. The minimum atomic E-state index is -3.87. The number of nitrogens with zero attached hydrogens (tertiary/aromatic N) is 1. The van der Waals surface area contributed by atoms with E-state index in [1.54, 1.807) is 18.6 Å². The molecule has 0 saturated carbocycles. The molecule has 0 radical (unpaired) electrons. The van der Waals surface area contributed by atoms with Gasteiger partial charge in [0.25, 0.3) is 0 Å². The molecule has 0 spiro atoms. The summed E-state index contributed by atoms with van der Waals surface area (Å²) in [4.78, 5) is 10.8. The Morgan fingerprint density at radius 1 is 1.53 bits per heavy atom. The van der Waals surface area contributed by atoms with Crippen LogP contribution in [0, 0.1) is 0 Å². The zero-order valence-corrected chi connectivity index (χ0v) is 9.87. The monoisotopic (exact) mass is 239 g/mol. The third-order valence-corrected chi connectivity index (χ3v) is 3.28. The normalized spacial score (nSPS) is 11.9. The lowest BCUT2D eigenvalue weighted by Gasteiger charge is -2.24. The second-order valence-corrected chi connectivity index (χ2v) is 4.72. The van der Waals surface area contributed by atoms with Gasteiger partial charge in [-0.05, 0) is 13.8 Å².